The van der Waals surface area contributed by atoms with Gasteiger partial charge in [-0.05, 0) is 43.1 Å². The van der Waals surface area contributed by atoms with Crippen molar-refractivity contribution in [2.24, 2.45) is 0 Å². The third-order valence-corrected chi connectivity index (χ3v) is 5.31. The van der Waals surface area contributed by atoms with E-state index >= 15 is 0 Å². The second kappa shape index (κ2) is 7.99. The highest BCUT2D eigenvalue weighted by Crippen LogP contribution is 2.30. The molecule has 1 aliphatic heterocycles. The first-order valence-corrected chi connectivity index (χ1v) is 9.19. The number of nitrogens with one attached hydrogen (secondary N) is 2. The smallest absolute Gasteiger partial charge is 0.257 e. The topological polar surface area (TPSA) is 54.0 Å². The molecule has 0 spiro atoms. The van der Waals surface area contributed by atoms with E-state index in [1.807, 2.05) is 55.5 Å². The van der Waals surface area contributed by atoms with E-state index in [0.29, 0.717) is 10.7 Å². The van der Waals surface area contributed by atoms with Gasteiger partial charge in [-0.25, -0.2) is 4.98 Å². The summed E-state index contributed by atoms with van der Waals surface area (Å²) in [4.78, 5) is 18.3. The largest absolute Gasteiger partial charge is 0.312 e. The highest BCUT2D eigenvalue weighted by atomic mass is 35.5. The Hall–Kier alpha value is -2.21. The first kappa shape index (κ1) is 18.6. The monoisotopic (exact) mass is 385 g/mol. The average Bonchev–Trinajstić information content (AvgIpc) is 3.02. The first-order valence-electron chi connectivity index (χ1n) is 8.37. The fourth-order valence-electron chi connectivity index (χ4n) is 3.10. The van der Waals surface area contributed by atoms with Gasteiger partial charge in [-0.2, -0.15) is 0 Å². The molecule has 0 saturated heterocycles. The molecule has 26 heavy (non-hydrogen) atoms. The molecule has 0 saturated carbocycles. The molecule has 2 aromatic carbocycles. The minimum Gasteiger partial charge on any atom is -0.312 e. The molecule has 3 aromatic rings. The van der Waals surface area contributed by atoms with Gasteiger partial charge in [0.05, 0.1) is 5.69 Å². The van der Waals surface area contributed by atoms with Gasteiger partial charge in [0.2, 0.25) is 0 Å². The van der Waals surface area contributed by atoms with Crippen molar-refractivity contribution < 1.29 is 4.79 Å². The molecule has 1 aromatic heterocycles. The molecule has 134 valence electrons. The van der Waals surface area contributed by atoms with Crippen molar-refractivity contribution in [1.82, 2.24) is 10.3 Å². The maximum Gasteiger partial charge on any atom is 0.257 e. The van der Waals surface area contributed by atoms with Gasteiger partial charge in [0.25, 0.3) is 5.91 Å². The number of amides is 1. The van der Waals surface area contributed by atoms with Crippen LogP contribution in [0.15, 0.2) is 48.5 Å². The second-order valence-electron chi connectivity index (χ2n) is 6.15. The maximum absolute atomic E-state index is 12.6. The van der Waals surface area contributed by atoms with Gasteiger partial charge in [-0.3, -0.25) is 10.1 Å². The maximum atomic E-state index is 12.6. The lowest BCUT2D eigenvalue weighted by Gasteiger charge is -2.17. The number of benzene rings is 2. The van der Waals surface area contributed by atoms with Gasteiger partial charge in [0.15, 0.2) is 5.13 Å². The number of thiazole rings is 1. The predicted octanol–water partition coefficient (Wildman–Crippen LogP) is 4.44. The summed E-state index contributed by atoms with van der Waals surface area (Å²) in [5.41, 5.74) is 5.22. The normalized spacial score (nSPS) is 12.8. The van der Waals surface area contributed by atoms with Crippen molar-refractivity contribution in [3.05, 3.63) is 70.1 Å². The molecule has 0 bridgehead atoms. The Morgan fingerprint density at radius 3 is 2.77 bits per heavy atom. The third-order valence-electron chi connectivity index (χ3n) is 4.42. The molecule has 2 heterocycles. The van der Waals surface area contributed by atoms with Crippen molar-refractivity contribution in [3.63, 3.8) is 0 Å². The van der Waals surface area contributed by atoms with Crippen molar-refractivity contribution >= 4 is 34.8 Å². The van der Waals surface area contributed by atoms with Gasteiger partial charge in [-0.1, -0.05) is 36.4 Å². The van der Waals surface area contributed by atoms with E-state index in [2.05, 4.69) is 15.6 Å². The second-order valence-corrected chi connectivity index (χ2v) is 7.36. The Morgan fingerprint density at radius 2 is 1.96 bits per heavy atom. The number of carbonyl (C=O) groups is 1. The molecule has 4 rings (SSSR count). The fraction of sp³-hybridized carbons (Fsp3) is 0.200. The predicted molar refractivity (Wildman–Crippen MR) is 109 cm³/mol. The van der Waals surface area contributed by atoms with E-state index in [4.69, 9.17) is 0 Å². The fourth-order valence-corrected chi connectivity index (χ4v) is 3.93. The van der Waals surface area contributed by atoms with Gasteiger partial charge < -0.3 is 5.32 Å². The van der Waals surface area contributed by atoms with Crippen LogP contribution >= 0.6 is 23.7 Å². The van der Waals surface area contributed by atoms with Gasteiger partial charge in [-0.15, -0.1) is 23.7 Å². The van der Waals surface area contributed by atoms with Crippen molar-refractivity contribution in [2.75, 3.05) is 11.9 Å². The quantitative estimate of drug-likeness (QED) is 0.700. The molecule has 0 unspecified atom stereocenters. The average molecular weight is 386 g/mol. The Kier molecular flexibility index (Phi) is 5.71. The summed E-state index contributed by atoms with van der Waals surface area (Å²) in [5.74, 6) is -0.102. The van der Waals surface area contributed by atoms with Crippen LogP contribution < -0.4 is 10.6 Å². The van der Waals surface area contributed by atoms with Crippen LogP contribution in [-0.4, -0.2) is 17.4 Å². The minimum atomic E-state index is -0.102. The summed E-state index contributed by atoms with van der Waals surface area (Å²) in [7, 11) is 0. The highest BCUT2D eigenvalue weighted by molar-refractivity contribution is 7.16. The number of hydrogen-bond acceptors (Lipinski definition) is 4. The zero-order valence-electron chi connectivity index (χ0n) is 14.4. The molecular formula is C20H20ClN3OS. The molecule has 4 nitrogen and oxygen atoms in total. The Balaban J connectivity index is 0.00000196. The van der Waals surface area contributed by atoms with Crippen molar-refractivity contribution in [2.45, 2.75) is 19.9 Å². The van der Waals surface area contributed by atoms with E-state index in [0.717, 1.165) is 35.6 Å². The molecule has 6 heteroatoms. The van der Waals surface area contributed by atoms with E-state index in [9.17, 15) is 4.79 Å². The Morgan fingerprint density at radius 1 is 1.15 bits per heavy atom. The molecular weight excluding hydrogens is 366 g/mol. The standard InChI is InChI=1S/C20H19N3OS.ClH/c1-13-18(14-5-3-2-4-6-14)22-20(25-13)23-19(24)16-7-8-17-12-21-10-9-15(17)11-16;/h2-8,11,21H,9-10,12H2,1H3,(H,22,23,24);1H. The third kappa shape index (κ3) is 3.80. The van der Waals surface area contributed by atoms with Crippen molar-refractivity contribution in [3.8, 4) is 11.3 Å². The SMILES string of the molecule is Cc1sc(NC(=O)c2ccc3c(c2)CCNC3)nc1-c1ccccc1.Cl. The lowest BCUT2D eigenvalue weighted by Crippen LogP contribution is -2.24. The number of nitrogens with zero attached hydrogens (tertiary/aromatic N) is 1. The number of carbonyl (C=O) groups excluding carboxylic acids is 1. The summed E-state index contributed by atoms with van der Waals surface area (Å²) in [6, 6.07) is 16.0. The van der Waals surface area contributed by atoms with Crippen LogP contribution in [0.3, 0.4) is 0 Å². The summed E-state index contributed by atoms with van der Waals surface area (Å²) >= 11 is 1.51. The lowest BCUT2D eigenvalue weighted by molar-refractivity contribution is 0.102. The van der Waals surface area contributed by atoms with Crippen LogP contribution in [0.2, 0.25) is 0 Å². The molecule has 0 fully saturated rings. The van der Waals surface area contributed by atoms with Crippen LogP contribution in [0, 0.1) is 6.92 Å². The lowest BCUT2D eigenvalue weighted by atomic mass is 9.98. The molecule has 0 radical (unpaired) electrons. The minimum absolute atomic E-state index is 0. The van der Waals surface area contributed by atoms with Crippen LogP contribution in [0.5, 0.6) is 0 Å². The number of halogens is 1. The number of fused-ring (bicyclic) bond motifs is 1. The van der Waals surface area contributed by atoms with Crippen LogP contribution in [0.1, 0.15) is 26.4 Å². The number of aryl methyl sites for hydroxylation is 1. The summed E-state index contributed by atoms with van der Waals surface area (Å²) in [6.45, 7) is 3.87. The van der Waals surface area contributed by atoms with E-state index in [1.54, 1.807) is 0 Å². The van der Waals surface area contributed by atoms with E-state index in [-0.39, 0.29) is 18.3 Å². The molecule has 0 atom stereocenters. The summed E-state index contributed by atoms with van der Waals surface area (Å²) in [5, 5.41) is 6.93. The highest BCUT2D eigenvalue weighted by Gasteiger charge is 2.15. The summed E-state index contributed by atoms with van der Waals surface area (Å²) < 4.78 is 0. The molecule has 1 amide bonds. The number of hydrogen-bond donors (Lipinski definition) is 2. The van der Waals surface area contributed by atoms with Gasteiger partial charge >= 0.3 is 0 Å². The van der Waals surface area contributed by atoms with Crippen molar-refractivity contribution in [1.29, 1.82) is 0 Å². The van der Waals surface area contributed by atoms with E-state index in [1.165, 1.54) is 22.5 Å². The van der Waals surface area contributed by atoms with Gasteiger partial charge in [0.1, 0.15) is 0 Å². The zero-order valence-corrected chi connectivity index (χ0v) is 16.0. The molecule has 0 aliphatic carbocycles. The molecule has 1 aliphatic rings. The van der Waals surface area contributed by atoms with Crippen LogP contribution in [0.25, 0.3) is 11.3 Å². The zero-order chi connectivity index (χ0) is 17.2. The Labute approximate surface area is 163 Å². The first-order chi connectivity index (χ1) is 12.2. The summed E-state index contributed by atoms with van der Waals surface area (Å²) in [6.07, 6.45) is 0.963. The van der Waals surface area contributed by atoms with Gasteiger partial charge in [0, 0.05) is 22.5 Å². The van der Waals surface area contributed by atoms with E-state index < -0.39 is 0 Å². The Bertz CT molecular complexity index is 924. The number of rotatable bonds is 3. The van der Waals surface area contributed by atoms with Crippen LogP contribution in [0.4, 0.5) is 5.13 Å². The number of aromatic nitrogens is 1. The number of anilines is 1. The van der Waals surface area contributed by atoms with Crippen LogP contribution in [-0.2, 0) is 13.0 Å². The molecule has 2 N–H and O–H groups in total.